The minimum atomic E-state index is -0.892. The molecule has 0 saturated heterocycles. The van der Waals surface area contributed by atoms with Gasteiger partial charge in [-0.25, -0.2) is 9.37 Å². The standard InChI is InChI=1S/C13H17FN4O.2ClH/c1-13(2,15)12(19)16-6-5-11-17-9-4-3-8(14)7-10(9)18-11;;/h3-4,7H,5-6,15H2,1-2H3,(H,16,19)(H,17,18);2*1H. The molecule has 0 atom stereocenters. The number of carbonyl (C=O) groups is 1. The molecule has 4 N–H and O–H groups in total. The number of imidazole rings is 1. The van der Waals surface area contributed by atoms with Gasteiger partial charge in [-0.1, -0.05) is 0 Å². The van der Waals surface area contributed by atoms with E-state index in [1.165, 1.54) is 12.1 Å². The average molecular weight is 337 g/mol. The number of fused-ring (bicyclic) bond motifs is 1. The zero-order valence-corrected chi connectivity index (χ0v) is 13.4. The molecule has 8 heteroatoms. The first kappa shape index (κ1) is 19.6. The first-order chi connectivity index (χ1) is 8.86. The summed E-state index contributed by atoms with van der Waals surface area (Å²) < 4.78 is 13.0. The van der Waals surface area contributed by atoms with Crippen LogP contribution in [-0.2, 0) is 11.2 Å². The van der Waals surface area contributed by atoms with Gasteiger partial charge in [-0.15, -0.1) is 24.8 Å². The van der Waals surface area contributed by atoms with Crippen molar-refractivity contribution in [2.75, 3.05) is 6.54 Å². The molecule has 5 nitrogen and oxygen atoms in total. The van der Waals surface area contributed by atoms with E-state index in [0.717, 1.165) is 0 Å². The van der Waals surface area contributed by atoms with Gasteiger partial charge < -0.3 is 16.0 Å². The first-order valence-electron chi connectivity index (χ1n) is 6.07. The molecule has 0 aliphatic heterocycles. The van der Waals surface area contributed by atoms with E-state index in [0.29, 0.717) is 29.8 Å². The predicted molar refractivity (Wildman–Crippen MR) is 85.5 cm³/mol. The Morgan fingerprint density at radius 3 is 2.71 bits per heavy atom. The molecule has 0 fully saturated rings. The smallest absolute Gasteiger partial charge is 0.239 e. The summed E-state index contributed by atoms with van der Waals surface area (Å²) in [6.07, 6.45) is 0.540. The summed E-state index contributed by atoms with van der Waals surface area (Å²) in [6, 6.07) is 4.38. The number of halogens is 3. The molecule has 0 radical (unpaired) electrons. The number of aromatic amines is 1. The Balaban J connectivity index is 0.00000200. The van der Waals surface area contributed by atoms with E-state index in [-0.39, 0.29) is 36.5 Å². The van der Waals surface area contributed by atoms with Gasteiger partial charge in [0.15, 0.2) is 0 Å². The maximum Gasteiger partial charge on any atom is 0.239 e. The lowest BCUT2D eigenvalue weighted by Crippen LogP contribution is -2.49. The van der Waals surface area contributed by atoms with Crippen molar-refractivity contribution in [1.29, 1.82) is 0 Å². The van der Waals surface area contributed by atoms with Crippen LogP contribution in [0.5, 0.6) is 0 Å². The number of aromatic nitrogens is 2. The summed E-state index contributed by atoms with van der Waals surface area (Å²) >= 11 is 0. The highest BCUT2D eigenvalue weighted by atomic mass is 35.5. The molecule has 2 aromatic rings. The van der Waals surface area contributed by atoms with Gasteiger partial charge in [0, 0.05) is 13.0 Å². The number of nitrogens with zero attached hydrogens (tertiary/aromatic N) is 1. The van der Waals surface area contributed by atoms with E-state index in [4.69, 9.17) is 5.73 Å². The molecule has 1 aromatic carbocycles. The van der Waals surface area contributed by atoms with Gasteiger partial charge in [0.2, 0.25) is 5.91 Å². The van der Waals surface area contributed by atoms with Crippen LogP contribution in [0.4, 0.5) is 4.39 Å². The van der Waals surface area contributed by atoms with E-state index >= 15 is 0 Å². The number of carbonyl (C=O) groups excluding carboxylic acids is 1. The van der Waals surface area contributed by atoms with Crippen molar-refractivity contribution in [2.45, 2.75) is 25.8 Å². The van der Waals surface area contributed by atoms with Crippen molar-refractivity contribution in [3.63, 3.8) is 0 Å². The van der Waals surface area contributed by atoms with Gasteiger partial charge >= 0.3 is 0 Å². The van der Waals surface area contributed by atoms with Crippen LogP contribution < -0.4 is 11.1 Å². The molecule has 0 spiro atoms. The third-order valence-electron chi connectivity index (χ3n) is 2.73. The van der Waals surface area contributed by atoms with Crippen LogP contribution >= 0.6 is 24.8 Å². The van der Waals surface area contributed by atoms with Gasteiger partial charge in [0.1, 0.15) is 11.6 Å². The molecule has 21 heavy (non-hydrogen) atoms. The maximum absolute atomic E-state index is 13.0. The van der Waals surface area contributed by atoms with Gasteiger partial charge in [-0.3, -0.25) is 4.79 Å². The third kappa shape index (κ3) is 5.15. The molecule has 2 rings (SSSR count). The zero-order valence-electron chi connectivity index (χ0n) is 11.8. The van der Waals surface area contributed by atoms with Crippen LogP contribution in [0.25, 0.3) is 11.0 Å². The first-order valence-corrected chi connectivity index (χ1v) is 6.07. The van der Waals surface area contributed by atoms with E-state index in [1.807, 2.05) is 0 Å². The number of hydrogen-bond acceptors (Lipinski definition) is 3. The Labute approximate surface area is 134 Å². The minimum Gasteiger partial charge on any atom is -0.354 e. The minimum absolute atomic E-state index is 0. The van der Waals surface area contributed by atoms with Crippen molar-refractivity contribution < 1.29 is 9.18 Å². The van der Waals surface area contributed by atoms with Crippen LogP contribution in [0.15, 0.2) is 18.2 Å². The van der Waals surface area contributed by atoms with Crippen molar-refractivity contribution in [3.8, 4) is 0 Å². The van der Waals surface area contributed by atoms with Gasteiger partial charge in [0.05, 0.1) is 16.6 Å². The molecule has 0 saturated carbocycles. The molecular weight excluding hydrogens is 318 g/mol. The lowest BCUT2D eigenvalue weighted by molar-refractivity contribution is -0.125. The number of nitrogens with one attached hydrogen (secondary N) is 2. The number of nitrogens with two attached hydrogens (primary N) is 1. The molecule has 0 unspecified atom stereocenters. The summed E-state index contributed by atoms with van der Waals surface area (Å²) in [5.41, 5.74) is 6.13. The molecule has 1 heterocycles. The molecule has 1 aromatic heterocycles. The van der Waals surface area contributed by atoms with Crippen LogP contribution in [0.2, 0.25) is 0 Å². The number of hydrogen-bond donors (Lipinski definition) is 3. The lowest BCUT2D eigenvalue weighted by atomic mass is 10.1. The second kappa shape index (κ2) is 7.59. The largest absolute Gasteiger partial charge is 0.354 e. The lowest BCUT2D eigenvalue weighted by Gasteiger charge is -2.17. The Hall–Kier alpha value is -1.37. The normalized spacial score (nSPS) is 10.7. The van der Waals surface area contributed by atoms with E-state index in [1.54, 1.807) is 19.9 Å². The summed E-state index contributed by atoms with van der Waals surface area (Å²) in [7, 11) is 0. The van der Waals surface area contributed by atoms with Gasteiger partial charge in [-0.2, -0.15) is 0 Å². The fourth-order valence-corrected chi connectivity index (χ4v) is 1.68. The van der Waals surface area contributed by atoms with Crippen molar-refractivity contribution >= 4 is 41.8 Å². The van der Waals surface area contributed by atoms with Crippen LogP contribution in [0.3, 0.4) is 0 Å². The number of H-pyrrole nitrogens is 1. The molecule has 0 aliphatic carbocycles. The van der Waals surface area contributed by atoms with Gasteiger partial charge in [-0.05, 0) is 32.0 Å². The quantitative estimate of drug-likeness (QED) is 0.797. The fourth-order valence-electron chi connectivity index (χ4n) is 1.68. The summed E-state index contributed by atoms with van der Waals surface area (Å²) in [6.45, 7) is 3.72. The zero-order chi connectivity index (χ0) is 14.0. The van der Waals surface area contributed by atoms with Crippen LogP contribution in [-0.4, -0.2) is 28.0 Å². The Morgan fingerprint density at radius 1 is 1.43 bits per heavy atom. The summed E-state index contributed by atoms with van der Waals surface area (Å²) in [4.78, 5) is 18.9. The van der Waals surface area contributed by atoms with Crippen molar-refractivity contribution in [3.05, 3.63) is 29.8 Å². The second-order valence-electron chi connectivity index (χ2n) is 5.07. The van der Waals surface area contributed by atoms with Crippen molar-refractivity contribution in [2.24, 2.45) is 5.73 Å². The number of rotatable bonds is 4. The van der Waals surface area contributed by atoms with Crippen LogP contribution in [0, 0.1) is 5.82 Å². The molecule has 118 valence electrons. The SMILES string of the molecule is CC(C)(N)C(=O)NCCc1nc2ccc(F)cc2[nH]1.Cl.Cl. The third-order valence-corrected chi connectivity index (χ3v) is 2.73. The maximum atomic E-state index is 13.0. The number of amides is 1. The molecule has 1 amide bonds. The Morgan fingerprint density at radius 2 is 2.10 bits per heavy atom. The van der Waals surface area contributed by atoms with E-state index in [9.17, 15) is 9.18 Å². The van der Waals surface area contributed by atoms with Gasteiger partial charge in [0.25, 0.3) is 0 Å². The summed E-state index contributed by atoms with van der Waals surface area (Å²) in [5, 5.41) is 2.73. The average Bonchev–Trinajstić information content (AvgIpc) is 2.69. The highest BCUT2D eigenvalue weighted by molar-refractivity contribution is 5.86. The van der Waals surface area contributed by atoms with Crippen LogP contribution in [0.1, 0.15) is 19.7 Å². The highest BCUT2D eigenvalue weighted by Crippen LogP contribution is 2.12. The highest BCUT2D eigenvalue weighted by Gasteiger charge is 2.20. The topological polar surface area (TPSA) is 83.8 Å². The molecule has 0 bridgehead atoms. The predicted octanol–water partition coefficient (Wildman–Crippen LogP) is 1.94. The molecule has 0 aliphatic rings. The summed E-state index contributed by atoms with van der Waals surface area (Å²) in [5.74, 6) is 0.186. The van der Waals surface area contributed by atoms with E-state index in [2.05, 4.69) is 15.3 Å². The molecular formula is C13H19Cl2FN4O. The number of benzene rings is 1. The monoisotopic (exact) mass is 336 g/mol. The van der Waals surface area contributed by atoms with E-state index < -0.39 is 5.54 Å². The fraction of sp³-hybridized carbons (Fsp3) is 0.385. The Kier molecular flexibility index (Phi) is 7.09. The Bertz CT molecular complexity index is 610. The second-order valence-corrected chi connectivity index (χ2v) is 5.07. The van der Waals surface area contributed by atoms with Crippen molar-refractivity contribution in [1.82, 2.24) is 15.3 Å².